The van der Waals surface area contributed by atoms with Crippen LogP contribution in [0, 0.1) is 5.82 Å². The Kier molecular flexibility index (Phi) is 3.91. The van der Waals surface area contributed by atoms with E-state index >= 15 is 0 Å². The number of carbonyl (C=O) groups is 1. The molecule has 2 N–H and O–H groups in total. The van der Waals surface area contributed by atoms with Gasteiger partial charge < -0.3 is 10.6 Å². The topological polar surface area (TPSA) is 41.1 Å². The summed E-state index contributed by atoms with van der Waals surface area (Å²) in [5.74, 6) is -0.333. The van der Waals surface area contributed by atoms with Crippen molar-refractivity contribution in [3.05, 3.63) is 30.1 Å². The van der Waals surface area contributed by atoms with Crippen LogP contribution in [0.3, 0.4) is 0 Å². The molecule has 0 unspecified atom stereocenters. The van der Waals surface area contributed by atoms with Gasteiger partial charge >= 0.3 is 0 Å². The van der Waals surface area contributed by atoms with Gasteiger partial charge in [0, 0.05) is 25.7 Å². The van der Waals surface area contributed by atoms with Gasteiger partial charge in [0.2, 0.25) is 5.91 Å². The third kappa shape index (κ3) is 3.89. The van der Waals surface area contributed by atoms with Gasteiger partial charge in [-0.25, -0.2) is 4.39 Å². The van der Waals surface area contributed by atoms with Crippen molar-refractivity contribution in [3.63, 3.8) is 0 Å². The van der Waals surface area contributed by atoms with Crippen LogP contribution >= 0.6 is 0 Å². The first kappa shape index (κ1) is 10.5. The van der Waals surface area contributed by atoms with E-state index in [1.54, 1.807) is 12.1 Å². The first-order valence-corrected chi connectivity index (χ1v) is 4.42. The minimum atomic E-state index is -0.269. The molecule has 0 atom stereocenters. The second-order valence-corrected chi connectivity index (χ2v) is 2.92. The Morgan fingerprint density at radius 3 is 2.86 bits per heavy atom. The second kappa shape index (κ2) is 5.21. The fraction of sp³-hybridized carbons (Fsp3) is 0.300. The second-order valence-electron chi connectivity index (χ2n) is 2.92. The van der Waals surface area contributed by atoms with Crippen LogP contribution in [0.15, 0.2) is 24.3 Å². The number of halogens is 1. The summed E-state index contributed by atoms with van der Waals surface area (Å²) in [5, 5.41) is 5.62. The van der Waals surface area contributed by atoms with Crippen LogP contribution in [-0.4, -0.2) is 19.0 Å². The number of hydrogen-bond donors (Lipinski definition) is 2. The summed E-state index contributed by atoms with van der Waals surface area (Å²) < 4.78 is 12.7. The molecular weight excluding hydrogens is 183 g/mol. The van der Waals surface area contributed by atoms with Crippen LogP contribution in [0.2, 0.25) is 0 Å². The highest BCUT2D eigenvalue weighted by molar-refractivity contribution is 5.72. The quantitative estimate of drug-likeness (QED) is 0.714. The van der Waals surface area contributed by atoms with E-state index in [2.05, 4.69) is 10.6 Å². The summed E-state index contributed by atoms with van der Waals surface area (Å²) in [4.78, 5) is 10.5. The zero-order valence-corrected chi connectivity index (χ0v) is 8.01. The lowest BCUT2D eigenvalue weighted by atomic mass is 10.3. The molecule has 14 heavy (non-hydrogen) atoms. The number of amides is 1. The van der Waals surface area contributed by atoms with Crippen molar-refractivity contribution in [2.45, 2.75) is 6.92 Å². The predicted octanol–water partition coefficient (Wildman–Crippen LogP) is 1.37. The Balaban J connectivity index is 2.28. The fourth-order valence-electron chi connectivity index (χ4n) is 1.04. The van der Waals surface area contributed by atoms with Gasteiger partial charge in [-0.2, -0.15) is 0 Å². The Morgan fingerprint density at radius 2 is 2.21 bits per heavy atom. The van der Waals surface area contributed by atoms with Gasteiger partial charge in [-0.15, -0.1) is 0 Å². The van der Waals surface area contributed by atoms with E-state index in [0.717, 1.165) is 5.69 Å². The van der Waals surface area contributed by atoms with Gasteiger partial charge in [0.1, 0.15) is 5.82 Å². The summed E-state index contributed by atoms with van der Waals surface area (Å²) >= 11 is 0. The maximum atomic E-state index is 12.7. The first-order chi connectivity index (χ1) is 6.68. The van der Waals surface area contributed by atoms with Crippen molar-refractivity contribution in [2.75, 3.05) is 18.4 Å². The van der Waals surface area contributed by atoms with Gasteiger partial charge in [-0.05, 0) is 18.2 Å². The van der Waals surface area contributed by atoms with Crippen LogP contribution < -0.4 is 10.6 Å². The van der Waals surface area contributed by atoms with E-state index in [-0.39, 0.29) is 11.7 Å². The lowest BCUT2D eigenvalue weighted by Crippen LogP contribution is -2.26. The number of nitrogens with one attached hydrogen (secondary N) is 2. The van der Waals surface area contributed by atoms with Crippen molar-refractivity contribution in [2.24, 2.45) is 0 Å². The minimum Gasteiger partial charge on any atom is -0.383 e. The zero-order valence-electron chi connectivity index (χ0n) is 8.01. The molecule has 0 heterocycles. The summed E-state index contributed by atoms with van der Waals surface area (Å²) in [7, 11) is 0. The molecule has 1 rings (SSSR count). The van der Waals surface area contributed by atoms with E-state index in [1.165, 1.54) is 19.1 Å². The molecule has 76 valence electrons. The lowest BCUT2D eigenvalue weighted by Gasteiger charge is -2.06. The van der Waals surface area contributed by atoms with Crippen molar-refractivity contribution in [3.8, 4) is 0 Å². The number of hydrogen-bond acceptors (Lipinski definition) is 2. The first-order valence-electron chi connectivity index (χ1n) is 4.42. The molecule has 1 aromatic rings. The van der Waals surface area contributed by atoms with E-state index in [0.29, 0.717) is 13.1 Å². The maximum absolute atomic E-state index is 12.7. The third-order valence-corrected chi connectivity index (χ3v) is 1.65. The molecule has 0 saturated heterocycles. The lowest BCUT2D eigenvalue weighted by molar-refractivity contribution is -0.118. The number of rotatable bonds is 4. The fourth-order valence-corrected chi connectivity index (χ4v) is 1.04. The van der Waals surface area contributed by atoms with Gasteiger partial charge in [-0.3, -0.25) is 4.79 Å². The normalized spacial score (nSPS) is 9.57. The van der Waals surface area contributed by atoms with Gasteiger partial charge in [0.25, 0.3) is 0 Å². The Bertz CT molecular complexity index is 315. The molecule has 1 amide bonds. The maximum Gasteiger partial charge on any atom is 0.216 e. The zero-order chi connectivity index (χ0) is 10.4. The van der Waals surface area contributed by atoms with Crippen molar-refractivity contribution < 1.29 is 9.18 Å². The monoisotopic (exact) mass is 196 g/mol. The number of benzene rings is 1. The standard InChI is InChI=1S/C10H13FN2O/c1-8(14)12-5-6-13-10-4-2-3-9(11)7-10/h2-4,7,13H,5-6H2,1H3,(H,12,14). The van der Waals surface area contributed by atoms with Gasteiger partial charge in [0.05, 0.1) is 0 Å². The largest absolute Gasteiger partial charge is 0.383 e. The molecule has 0 aliphatic heterocycles. The Hall–Kier alpha value is -1.58. The van der Waals surface area contributed by atoms with Gasteiger partial charge in [-0.1, -0.05) is 6.07 Å². The molecule has 0 spiro atoms. The van der Waals surface area contributed by atoms with E-state index in [4.69, 9.17) is 0 Å². The summed E-state index contributed by atoms with van der Waals surface area (Å²) in [5.41, 5.74) is 0.718. The number of carbonyl (C=O) groups excluding carboxylic acids is 1. The molecule has 3 nitrogen and oxygen atoms in total. The van der Waals surface area contributed by atoms with Crippen molar-refractivity contribution in [1.29, 1.82) is 0 Å². The van der Waals surface area contributed by atoms with Crippen LogP contribution in [0.25, 0.3) is 0 Å². The molecule has 1 aromatic carbocycles. The predicted molar refractivity (Wildman–Crippen MR) is 53.6 cm³/mol. The Labute approximate surface area is 82.3 Å². The molecule has 0 radical (unpaired) electrons. The average Bonchev–Trinajstić information content (AvgIpc) is 2.12. The highest BCUT2D eigenvalue weighted by atomic mass is 19.1. The smallest absolute Gasteiger partial charge is 0.216 e. The molecule has 4 heteroatoms. The van der Waals surface area contributed by atoms with Gasteiger partial charge in [0.15, 0.2) is 0 Å². The van der Waals surface area contributed by atoms with E-state index in [1.807, 2.05) is 0 Å². The van der Waals surface area contributed by atoms with Crippen LogP contribution in [-0.2, 0) is 4.79 Å². The number of anilines is 1. The van der Waals surface area contributed by atoms with Crippen molar-refractivity contribution >= 4 is 11.6 Å². The van der Waals surface area contributed by atoms with Crippen molar-refractivity contribution in [1.82, 2.24) is 5.32 Å². The SMILES string of the molecule is CC(=O)NCCNc1cccc(F)c1. The van der Waals surface area contributed by atoms with Crippen LogP contribution in [0.4, 0.5) is 10.1 Å². The molecular formula is C10H13FN2O. The summed E-state index contributed by atoms with van der Waals surface area (Å²) in [6.07, 6.45) is 0. The molecule has 0 saturated carbocycles. The molecule has 0 bridgehead atoms. The molecule has 0 aliphatic carbocycles. The summed E-state index contributed by atoms with van der Waals surface area (Å²) in [6.45, 7) is 2.58. The molecule has 0 aromatic heterocycles. The van der Waals surface area contributed by atoms with E-state index in [9.17, 15) is 9.18 Å². The Morgan fingerprint density at radius 1 is 1.43 bits per heavy atom. The van der Waals surface area contributed by atoms with Crippen LogP contribution in [0.5, 0.6) is 0 Å². The third-order valence-electron chi connectivity index (χ3n) is 1.65. The summed E-state index contributed by atoms with van der Waals surface area (Å²) in [6, 6.07) is 6.21. The van der Waals surface area contributed by atoms with Crippen LogP contribution in [0.1, 0.15) is 6.92 Å². The minimum absolute atomic E-state index is 0.0638. The van der Waals surface area contributed by atoms with E-state index < -0.39 is 0 Å². The molecule has 0 aliphatic rings. The average molecular weight is 196 g/mol. The highest BCUT2D eigenvalue weighted by Crippen LogP contribution is 2.07. The highest BCUT2D eigenvalue weighted by Gasteiger charge is 1.94. The molecule has 0 fully saturated rings.